The van der Waals surface area contributed by atoms with E-state index in [1.165, 1.54) is 18.5 Å². The molecule has 0 fully saturated rings. The molecule has 0 aliphatic rings. The van der Waals surface area contributed by atoms with Crippen LogP contribution >= 0.6 is 0 Å². The Labute approximate surface area is 122 Å². The van der Waals surface area contributed by atoms with E-state index >= 15 is 0 Å². The number of anilines is 1. The van der Waals surface area contributed by atoms with Gasteiger partial charge in [-0.3, -0.25) is 0 Å². The Morgan fingerprint density at radius 2 is 2.14 bits per heavy atom. The first-order chi connectivity index (χ1) is 10.2. The second-order valence-corrected chi connectivity index (χ2v) is 4.25. The zero-order valence-electron chi connectivity index (χ0n) is 11.9. The van der Waals surface area contributed by atoms with Gasteiger partial charge in [0.15, 0.2) is 11.6 Å². The van der Waals surface area contributed by atoms with Gasteiger partial charge in [-0.05, 0) is 31.5 Å². The van der Waals surface area contributed by atoms with Crippen molar-refractivity contribution in [2.75, 3.05) is 11.9 Å². The van der Waals surface area contributed by atoms with Gasteiger partial charge in [-0.25, -0.2) is 14.4 Å². The first-order valence-electron chi connectivity index (χ1n) is 6.64. The molecule has 0 saturated heterocycles. The number of hydrogen-bond donors (Lipinski definition) is 1. The molecule has 0 saturated carbocycles. The number of rotatable bonds is 5. The van der Waals surface area contributed by atoms with Gasteiger partial charge in [0.2, 0.25) is 5.88 Å². The van der Waals surface area contributed by atoms with Gasteiger partial charge in [-0.2, -0.15) is 5.26 Å². The van der Waals surface area contributed by atoms with Gasteiger partial charge in [0.25, 0.3) is 0 Å². The molecular weight excluding hydrogens is 271 g/mol. The second kappa shape index (κ2) is 6.66. The van der Waals surface area contributed by atoms with E-state index in [-0.39, 0.29) is 11.3 Å². The third kappa shape index (κ3) is 3.26. The Hall–Kier alpha value is -2.68. The van der Waals surface area contributed by atoms with Crippen molar-refractivity contribution >= 4 is 5.82 Å². The Bertz CT molecular complexity index is 682. The van der Waals surface area contributed by atoms with Crippen LogP contribution in [0.15, 0.2) is 24.5 Å². The third-order valence-corrected chi connectivity index (χ3v) is 2.87. The van der Waals surface area contributed by atoms with Gasteiger partial charge in [0.05, 0.1) is 17.2 Å². The predicted molar refractivity (Wildman–Crippen MR) is 76.8 cm³/mol. The maximum atomic E-state index is 13.9. The fourth-order valence-corrected chi connectivity index (χ4v) is 1.88. The second-order valence-electron chi connectivity index (χ2n) is 4.25. The minimum absolute atomic E-state index is 0.0323. The molecule has 0 atom stereocenters. The van der Waals surface area contributed by atoms with Crippen molar-refractivity contribution in [2.24, 2.45) is 0 Å². The lowest BCUT2D eigenvalue weighted by atomic mass is 10.2. The molecule has 1 aromatic carbocycles. The molecular formula is C15H15FN4O. The third-order valence-electron chi connectivity index (χ3n) is 2.87. The van der Waals surface area contributed by atoms with Crippen LogP contribution in [0, 0.1) is 17.1 Å². The number of hydrogen-bond acceptors (Lipinski definition) is 5. The van der Waals surface area contributed by atoms with Gasteiger partial charge in [0.1, 0.15) is 12.1 Å². The Morgan fingerprint density at radius 3 is 2.76 bits per heavy atom. The number of halogens is 1. The Balaban J connectivity index is 2.35. The van der Waals surface area contributed by atoms with Gasteiger partial charge < -0.3 is 10.1 Å². The average Bonchev–Trinajstić information content (AvgIpc) is 2.50. The van der Waals surface area contributed by atoms with Gasteiger partial charge in [-0.1, -0.05) is 6.92 Å². The molecule has 108 valence electrons. The predicted octanol–water partition coefficient (Wildman–Crippen LogP) is 3.27. The van der Waals surface area contributed by atoms with Crippen molar-refractivity contribution in [3.8, 4) is 17.7 Å². The molecule has 0 amide bonds. The normalized spacial score (nSPS) is 10.0. The number of nitriles is 1. The van der Waals surface area contributed by atoms with Crippen LogP contribution in [0.4, 0.5) is 10.2 Å². The lowest BCUT2D eigenvalue weighted by Crippen LogP contribution is -2.06. The summed E-state index contributed by atoms with van der Waals surface area (Å²) >= 11 is 0. The van der Waals surface area contributed by atoms with Crippen LogP contribution in [0.2, 0.25) is 0 Å². The maximum absolute atomic E-state index is 13.9. The van der Waals surface area contributed by atoms with E-state index in [9.17, 15) is 4.39 Å². The monoisotopic (exact) mass is 286 g/mol. The van der Waals surface area contributed by atoms with Crippen molar-refractivity contribution < 1.29 is 9.13 Å². The minimum atomic E-state index is -0.597. The summed E-state index contributed by atoms with van der Waals surface area (Å²) in [6.07, 6.45) is 2.02. The van der Waals surface area contributed by atoms with E-state index in [2.05, 4.69) is 15.3 Å². The quantitative estimate of drug-likeness (QED) is 0.913. The fraction of sp³-hybridized carbons (Fsp3) is 0.267. The molecule has 21 heavy (non-hydrogen) atoms. The highest BCUT2D eigenvalue weighted by Crippen LogP contribution is 2.29. The standard InChI is InChI=1S/C15H15FN4O/c1-3-11-14(18-4-2)19-9-20-15(11)21-13-6-5-10(8-17)7-12(13)16/h5-7,9H,3-4H2,1-2H3,(H,18,19,20). The summed E-state index contributed by atoms with van der Waals surface area (Å²) in [5.41, 5.74) is 1.02. The highest BCUT2D eigenvalue weighted by Gasteiger charge is 2.13. The minimum Gasteiger partial charge on any atom is -0.435 e. The van der Waals surface area contributed by atoms with Crippen molar-refractivity contribution in [3.63, 3.8) is 0 Å². The number of ether oxygens (including phenoxy) is 1. The molecule has 0 unspecified atom stereocenters. The van der Waals surface area contributed by atoms with E-state index < -0.39 is 5.82 Å². The number of nitrogens with one attached hydrogen (secondary N) is 1. The summed E-state index contributed by atoms with van der Waals surface area (Å²) in [6, 6.07) is 5.92. The van der Waals surface area contributed by atoms with Crippen LogP contribution in [0.25, 0.3) is 0 Å². The molecule has 0 aliphatic heterocycles. The van der Waals surface area contributed by atoms with E-state index in [4.69, 9.17) is 10.00 Å². The fourth-order valence-electron chi connectivity index (χ4n) is 1.88. The summed E-state index contributed by atoms with van der Waals surface area (Å²) in [5.74, 6) is 0.427. The smallest absolute Gasteiger partial charge is 0.227 e. The summed E-state index contributed by atoms with van der Waals surface area (Å²) in [7, 11) is 0. The molecule has 0 bridgehead atoms. The first kappa shape index (κ1) is 14.7. The zero-order chi connectivity index (χ0) is 15.2. The Kier molecular flexibility index (Phi) is 4.67. The lowest BCUT2D eigenvalue weighted by molar-refractivity contribution is 0.422. The molecule has 0 aliphatic carbocycles. The van der Waals surface area contributed by atoms with Crippen LogP contribution in [-0.4, -0.2) is 16.5 Å². The number of nitrogens with zero attached hydrogens (tertiary/aromatic N) is 3. The van der Waals surface area contributed by atoms with E-state index in [1.54, 1.807) is 0 Å². The van der Waals surface area contributed by atoms with Crippen molar-refractivity contribution in [2.45, 2.75) is 20.3 Å². The molecule has 1 N–H and O–H groups in total. The highest BCUT2D eigenvalue weighted by molar-refractivity contribution is 5.50. The van der Waals surface area contributed by atoms with Crippen molar-refractivity contribution in [3.05, 3.63) is 41.5 Å². The van der Waals surface area contributed by atoms with Crippen molar-refractivity contribution in [1.82, 2.24) is 9.97 Å². The number of benzene rings is 1. The maximum Gasteiger partial charge on any atom is 0.227 e. The molecule has 0 radical (unpaired) electrons. The summed E-state index contributed by atoms with van der Waals surface area (Å²) in [4.78, 5) is 8.22. The van der Waals surface area contributed by atoms with Crippen LogP contribution in [-0.2, 0) is 6.42 Å². The summed E-state index contributed by atoms with van der Waals surface area (Å²) in [6.45, 7) is 4.62. The van der Waals surface area contributed by atoms with Gasteiger partial charge >= 0.3 is 0 Å². The molecule has 2 rings (SSSR count). The van der Waals surface area contributed by atoms with E-state index in [0.29, 0.717) is 24.7 Å². The van der Waals surface area contributed by atoms with Crippen LogP contribution in [0.1, 0.15) is 25.0 Å². The topological polar surface area (TPSA) is 70.8 Å². The molecule has 1 aromatic heterocycles. The zero-order valence-corrected chi connectivity index (χ0v) is 11.9. The van der Waals surface area contributed by atoms with Crippen LogP contribution in [0.3, 0.4) is 0 Å². The highest BCUT2D eigenvalue weighted by atomic mass is 19.1. The summed E-state index contributed by atoms with van der Waals surface area (Å²) < 4.78 is 19.4. The SMILES string of the molecule is CCNc1ncnc(Oc2ccc(C#N)cc2F)c1CC. The molecule has 0 spiro atoms. The molecule has 6 heteroatoms. The van der Waals surface area contributed by atoms with Gasteiger partial charge in [0, 0.05) is 6.54 Å². The van der Waals surface area contributed by atoms with Crippen molar-refractivity contribution in [1.29, 1.82) is 5.26 Å². The van der Waals surface area contributed by atoms with Crippen LogP contribution in [0.5, 0.6) is 11.6 Å². The largest absolute Gasteiger partial charge is 0.435 e. The first-order valence-corrected chi connectivity index (χ1v) is 6.64. The van der Waals surface area contributed by atoms with Crippen LogP contribution < -0.4 is 10.1 Å². The summed E-state index contributed by atoms with van der Waals surface area (Å²) in [5, 5.41) is 11.9. The Morgan fingerprint density at radius 1 is 1.33 bits per heavy atom. The molecule has 5 nitrogen and oxygen atoms in total. The lowest BCUT2D eigenvalue weighted by Gasteiger charge is -2.13. The van der Waals surface area contributed by atoms with E-state index in [1.807, 2.05) is 19.9 Å². The van der Waals surface area contributed by atoms with E-state index in [0.717, 1.165) is 11.6 Å². The molecule has 2 aromatic rings. The number of aromatic nitrogens is 2. The van der Waals surface area contributed by atoms with Gasteiger partial charge in [-0.15, -0.1) is 0 Å². The molecule has 1 heterocycles. The average molecular weight is 286 g/mol.